The third-order valence-corrected chi connectivity index (χ3v) is 8.65. The Bertz CT molecular complexity index is 1730. The molecule has 2 amide bonds. The van der Waals surface area contributed by atoms with Crippen molar-refractivity contribution in [3.05, 3.63) is 122 Å². The molecule has 0 aromatic heterocycles. The van der Waals surface area contributed by atoms with Gasteiger partial charge in [0, 0.05) is 12.2 Å². The molecule has 4 aromatic rings. The molecule has 0 saturated heterocycles. The quantitative estimate of drug-likeness (QED) is 0.145. The fraction of sp³-hybridized carbons (Fsp3) is 0.133. The van der Waals surface area contributed by atoms with Gasteiger partial charge >= 0.3 is 0 Å². The number of rotatable bonds is 11. The van der Waals surface area contributed by atoms with Crippen LogP contribution in [0, 0.1) is 0 Å². The summed E-state index contributed by atoms with van der Waals surface area (Å²) in [6.07, 6.45) is 0.260. The van der Waals surface area contributed by atoms with E-state index in [1.165, 1.54) is 24.3 Å². The van der Waals surface area contributed by atoms with Crippen molar-refractivity contribution < 1.29 is 28.2 Å². The van der Waals surface area contributed by atoms with Crippen molar-refractivity contribution in [2.75, 3.05) is 11.9 Å². The van der Waals surface area contributed by atoms with Gasteiger partial charge in [-0.15, -0.1) is 0 Å². The van der Waals surface area contributed by atoms with Gasteiger partial charge in [-0.1, -0.05) is 65.1 Å². The number of phenolic OH excluding ortho intramolecular Hbond substituents is 1. The maximum absolute atomic E-state index is 12.9. The molecule has 0 saturated carbocycles. The van der Waals surface area contributed by atoms with Gasteiger partial charge in [0.2, 0.25) is 10.0 Å². The van der Waals surface area contributed by atoms with Crippen LogP contribution in [-0.4, -0.2) is 43.1 Å². The molecule has 1 atom stereocenters. The Morgan fingerprint density at radius 1 is 0.791 bits per heavy atom. The highest BCUT2D eigenvalue weighted by atomic mass is 35.5. The maximum atomic E-state index is 12.9. The Labute approximate surface area is 263 Å². The predicted molar refractivity (Wildman–Crippen MR) is 166 cm³/mol. The normalized spacial score (nSPS) is 12.0. The van der Waals surface area contributed by atoms with Gasteiger partial charge in [-0.25, -0.2) is 13.1 Å². The van der Waals surface area contributed by atoms with Crippen LogP contribution in [0.1, 0.15) is 31.8 Å². The summed E-state index contributed by atoms with van der Waals surface area (Å²) in [5.74, 6) is -1.05. The first-order valence-electron chi connectivity index (χ1n) is 12.8. The zero-order chi connectivity index (χ0) is 31.1. The summed E-state index contributed by atoms with van der Waals surface area (Å²) in [6, 6.07) is 20.8. The molecule has 0 aliphatic heterocycles. The summed E-state index contributed by atoms with van der Waals surface area (Å²) >= 11 is 18.5. The number of aliphatic hydroxyl groups is 1. The first-order chi connectivity index (χ1) is 20.5. The van der Waals surface area contributed by atoms with Crippen molar-refractivity contribution in [3.8, 4) is 5.75 Å². The smallest absolute Gasteiger partial charge is 0.258 e. The summed E-state index contributed by atoms with van der Waals surface area (Å²) in [6.45, 7) is -0.434. The zero-order valence-corrected chi connectivity index (χ0v) is 25.4. The van der Waals surface area contributed by atoms with Gasteiger partial charge in [0.25, 0.3) is 11.8 Å². The zero-order valence-electron chi connectivity index (χ0n) is 22.4. The molecule has 5 N–H and O–H groups in total. The van der Waals surface area contributed by atoms with E-state index < -0.39 is 27.9 Å². The van der Waals surface area contributed by atoms with E-state index in [0.29, 0.717) is 11.3 Å². The summed E-state index contributed by atoms with van der Waals surface area (Å²) < 4.78 is 27.9. The van der Waals surface area contributed by atoms with Crippen LogP contribution in [0.15, 0.2) is 89.8 Å². The number of hydrogen-bond donors (Lipinski definition) is 5. The molecule has 4 aromatic carbocycles. The van der Waals surface area contributed by atoms with Gasteiger partial charge in [0.15, 0.2) is 0 Å². The van der Waals surface area contributed by atoms with Crippen LogP contribution in [0.25, 0.3) is 0 Å². The molecule has 224 valence electrons. The van der Waals surface area contributed by atoms with Crippen LogP contribution in [0.3, 0.4) is 0 Å². The second kappa shape index (κ2) is 14.2. The van der Waals surface area contributed by atoms with E-state index in [1.54, 1.807) is 54.6 Å². The molecule has 13 heteroatoms. The van der Waals surface area contributed by atoms with E-state index in [4.69, 9.17) is 34.8 Å². The highest BCUT2D eigenvalue weighted by Crippen LogP contribution is 2.26. The van der Waals surface area contributed by atoms with E-state index in [-0.39, 0.29) is 56.4 Å². The van der Waals surface area contributed by atoms with E-state index in [1.807, 2.05) is 0 Å². The average molecular weight is 663 g/mol. The minimum Gasteiger partial charge on any atom is -0.508 e. The lowest BCUT2D eigenvalue weighted by atomic mass is 10.1. The first kappa shape index (κ1) is 32.3. The summed E-state index contributed by atoms with van der Waals surface area (Å²) in [5.41, 5.74) is 2.00. The van der Waals surface area contributed by atoms with Crippen molar-refractivity contribution >= 4 is 62.3 Å². The molecule has 0 aliphatic rings. The van der Waals surface area contributed by atoms with Crippen LogP contribution >= 0.6 is 34.8 Å². The van der Waals surface area contributed by atoms with Gasteiger partial charge in [-0.2, -0.15) is 0 Å². The molecule has 0 spiro atoms. The van der Waals surface area contributed by atoms with Gasteiger partial charge in [0.05, 0.1) is 43.7 Å². The molecule has 0 heterocycles. The molecule has 1 unspecified atom stereocenters. The average Bonchev–Trinajstić information content (AvgIpc) is 2.96. The number of benzene rings is 4. The molecule has 0 bridgehead atoms. The minimum atomic E-state index is -3.96. The number of anilines is 1. The van der Waals surface area contributed by atoms with Crippen LogP contribution in [0.5, 0.6) is 5.75 Å². The number of amides is 2. The highest BCUT2D eigenvalue weighted by molar-refractivity contribution is 7.89. The Morgan fingerprint density at radius 2 is 1.47 bits per heavy atom. The van der Waals surface area contributed by atoms with Crippen LogP contribution in [-0.2, 0) is 23.0 Å². The largest absolute Gasteiger partial charge is 0.508 e. The topological polar surface area (TPSA) is 145 Å². The van der Waals surface area contributed by atoms with Crippen molar-refractivity contribution in [2.45, 2.75) is 23.9 Å². The Morgan fingerprint density at radius 3 is 2.09 bits per heavy atom. The van der Waals surface area contributed by atoms with Crippen LogP contribution < -0.4 is 15.4 Å². The van der Waals surface area contributed by atoms with E-state index in [9.17, 15) is 28.2 Å². The van der Waals surface area contributed by atoms with Crippen LogP contribution in [0.2, 0.25) is 15.1 Å². The number of aromatic hydroxyl groups is 1. The molecular formula is C30H26Cl3N3O6S. The van der Waals surface area contributed by atoms with Crippen molar-refractivity contribution in [3.63, 3.8) is 0 Å². The van der Waals surface area contributed by atoms with E-state index in [0.717, 1.165) is 11.6 Å². The number of carbonyl (C=O) groups excluding carboxylic acids is 2. The lowest BCUT2D eigenvalue weighted by Gasteiger charge is -2.18. The molecule has 0 radical (unpaired) electrons. The fourth-order valence-corrected chi connectivity index (χ4v) is 6.06. The first-order valence-corrected chi connectivity index (χ1v) is 15.4. The molecule has 0 fully saturated rings. The van der Waals surface area contributed by atoms with Gasteiger partial charge in [-0.3, -0.25) is 9.59 Å². The minimum absolute atomic E-state index is 0.0112. The maximum Gasteiger partial charge on any atom is 0.258 e. The molecular weight excluding hydrogens is 637 g/mol. The number of halogens is 3. The van der Waals surface area contributed by atoms with Crippen molar-refractivity contribution in [1.82, 2.24) is 10.0 Å². The van der Waals surface area contributed by atoms with E-state index in [2.05, 4.69) is 15.4 Å². The number of nitrogens with one attached hydrogen (secondary N) is 3. The summed E-state index contributed by atoms with van der Waals surface area (Å²) in [5, 5.41) is 25.2. The Balaban J connectivity index is 1.36. The molecule has 43 heavy (non-hydrogen) atoms. The highest BCUT2D eigenvalue weighted by Gasteiger charge is 2.21. The third-order valence-electron chi connectivity index (χ3n) is 6.31. The Hall–Kier alpha value is -3.64. The molecule has 4 rings (SSSR count). The fourth-order valence-electron chi connectivity index (χ4n) is 4.12. The monoisotopic (exact) mass is 661 g/mol. The van der Waals surface area contributed by atoms with Crippen molar-refractivity contribution in [2.24, 2.45) is 0 Å². The van der Waals surface area contributed by atoms with E-state index >= 15 is 0 Å². The number of carbonyl (C=O) groups is 2. The molecule has 9 nitrogen and oxygen atoms in total. The van der Waals surface area contributed by atoms with Crippen molar-refractivity contribution in [1.29, 1.82) is 0 Å². The number of aliphatic hydroxyl groups excluding tert-OH is 1. The number of phenols is 1. The number of hydrogen-bond acceptors (Lipinski definition) is 6. The SMILES string of the molecule is O=C(NC(CO)Cc1ccc(NC(=O)c2c(Cl)cccc2Cl)cc1)c1ccc(S(=O)(=O)NCc2cccc(O)c2)cc1Cl. The Kier molecular flexibility index (Phi) is 10.7. The second-order valence-corrected chi connectivity index (χ2v) is 12.4. The lowest BCUT2D eigenvalue weighted by molar-refractivity contribution is 0.0916. The standard InChI is InChI=1S/C30H26Cl3N3O6S/c31-25-5-2-6-26(32)28(25)30(40)35-20-9-7-18(8-10-20)13-21(17-37)36-29(39)24-12-11-23(15-27(24)33)43(41,42)34-16-19-3-1-4-22(38)14-19/h1-12,14-15,21,34,37-38H,13,16-17H2,(H,35,40)(H,36,39). The summed E-state index contributed by atoms with van der Waals surface area (Å²) in [4.78, 5) is 25.4. The van der Waals surface area contributed by atoms with Gasteiger partial charge in [-0.05, 0) is 72.1 Å². The second-order valence-electron chi connectivity index (χ2n) is 9.44. The third kappa shape index (κ3) is 8.47. The van der Waals surface area contributed by atoms with Gasteiger partial charge < -0.3 is 20.8 Å². The lowest BCUT2D eigenvalue weighted by Crippen LogP contribution is -2.39. The molecule has 0 aliphatic carbocycles. The van der Waals surface area contributed by atoms with Gasteiger partial charge in [0.1, 0.15) is 5.75 Å². The number of sulfonamides is 1. The summed E-state index contributed by atoms with van der Waals surface area (Å²) in [7, 11) is -3.96. The predicted octanol–water partition coefficient (Wildman–Crippen LogP) is 5.42. The van der Waals surface area contributed by atoms with Crippen LogP contribution in [0.4, 0.5) is 5.69 Å².